The van der Waals surface area contributed by atoms with Crippen LogP contribution in [-0.2, 0) is 0 Å². The SMILES string of the molecule is [B]C(=C)c1c(/C([B])=C(/[B])C)c(-c2cccc3c2ccc2cc(/C=C\C=C/C)ccc23)c2c([B])c([B])c([B])c([B])c2c1-c1ccccc1. The number of fused-ring (bicyclic) bond motifs is 4. The molecule has 0 aliphatic heterocycles. The maximum atomic E-state index is 6.93. The summed E-state index contributed by atoms with van der Waals surface area (Å²) in [6.45, 7) is 7.95. The highest BCUT2D eigenvalue weighted by Gasteiger charge is 2.26. The van der Waals surface area contributed by atoms with Crippen LogP contribution in [0.2, 0.25) is 0 Å². The normalized spacial score (nSPS) is 12.5. The Balaban J connectivity index is 1.86. The highest BCUT2D eigenvalue weighted by atomic mass is 14.3. The van der Waals surface area contributed by atoms with Crippen molar-refractivity contribution >= 4 is 126 Å². The lowest BCUT2D eigenvalue weighted by Crippen LogP contribution is -2.48. The van der Waals surface area contributed by atoms with Crippen molar-refractivity contribution in [1.29, 1.82) is 0 Å². The topological polar surface area (TPSA) is 0 Å². The number of hydrogen-bond donors (Lipinski definition) is 0. The molecule has 0 nitrogen and oxygen atoms in total. The zero-order chi connectivity index (χ0) is 33.6. The summed E-state index contributed by atoms with van der Waals surface area (Å²) >= 11 is 0. The van der Waals surface area contributed by atoms with Crippen molar-refractivity contribution in [2.45, 2.75) is 13.8 Å². The van der Waals surface area contributed by atoms with Crippen LogP contribution in [0.1, 0.15) is 30.5 Å². The van der Waals surface area contributed by atoms with Crippen LogP contribution in [0.25, 0.3) is 71.6 Å². The molecule has 0 bridgehead atoms. The van der Waals surface area contributed by atoms with Crippen LogP contribution < -0.4 is 21.9 Å². The molecule has 6 aromatic rings. The van der Waals surface area contributed by atoms with E-state index in [1.165, 1.54) is 0 Å². The van der Waals surface area contributed by atoms with E-state index in [1.807, 2.05) is 67.6 Å². The summed E-state index contributed by atoms with van der Waals surface area (Å²) in [7, 11) is 46.9. The summed E-state index contributed by atoms with van der Waals surface area (Å²) in [5.41, 5.74) is 7.33. The zero-order valence-corrected chi connectivity index (χ0v) is 26.6. The molecule has 14 radical (unpaired) electrons. The Morgan fingerprint density at radius 1 is 0.638 bits per heavy atom. The second-order valence-electron chi connectivity index (χ2n) is 11.7. The molecule has 6 aromatic carbocycles. The van der Waals surface area contributed by atoms with Gasteiger partial charge in [-0.05, 0) is 84.3 Å². The molecule has 206 valence electrons. The van der Waals surface area contributed by atoms with Crippen molar-refractivity contribution in [3.05, 3.63) is 126 Å². The molecule has 47 heavy (non-hydrogen) atoms. The third kappa shape index (κ3) is 5.50. The number of rotatable bonds is 6. The molecule has 0 N–H and O–H groups in total. The Labute approximate surface area is 287 Å². The highest BCUT2D eigenvalue weighted by Crippen LogP contribution is 2.47. The maximum Gasteiger partial charge on any atom is 0.113 e. The second kappa shape index (κ2) is 13.0. The predicted octanol–water partition coefficient (Wildman–Crippen LogP) is 5.41. The Kier molecular flexibility index (Phi) is 8.95. The van der Waals surface area contributed by atoms with Crippen molar-refractivity contribution in [3.63, 3.8) is 0 Å². The first-order valence-electron chi connectivity index (χ1n) is 15.3. The van der Waals surface area contributed by atoms with Gasteiger partial charge in [0.1, 0.15) is 54.9 Å². The van der Waals surface area contributed by atoms with Gasteiger partial charge in [0.05, 0.1) is 0 Å². The zero-order valence-electron chi connectivity index (χ0n) is 26.6. The summed E-state index contributed by atoms with van der Waals surface area (Å²) in [4.78, 5) is 0. The van der Waals surface area contributed by atoms with Crippen molar-refractivity contribution in [2.75, 3.05) is 0 Å². The fourth-order valence-electron chi connectivity index (χ4n) is 6.52. The summed E-state index contributed by atoms with van der Waals surface area (Å²) in [5, 5.41) is 5.43. The molecule has 0 aliphatic rings. The standard InChI is InChI=1S/C40H25B7/c1-4-5-7-11-23-16-18-26-25(20-23)17-19-28-27(26)14-10-15-29(28)32-33(36(43)22(3)42)30(21(2)41)31(24-12-8-6-9-13-24)34-35(32)38(45)40(47)39(46)37(34)44/h4-20H,2H2,1,3H3/b5-4-,11-7-,36-22-. The lowest BCUT2D eigenvalue weighted by molar-refractivity contribution is 1.57. The molecular weight excluding hydrogens is 556 g/mol. The Bertz CT molecular complexity index is 2340. The molecule has 0 atom stereocenters. The van der Waals surface area contributed by atoms with Gasteiger partial charge in [-0.15, -0.1) is 23.0 Å². The molecule has 0 unspecified atom stereocenters. The van der Waals surface area contributed by atoms with Gasteiger partial charge < -0.3 is 0 Å². The fourth-order valence-corrected chi connectivity index (χ4v) is 6.52. The van der Waals surface area contributed by atoms with E-state index in [4.69, 9.17) is 54.9 Å². The van der Waals surface area contributed by atoms with Crippen LogP contribution in [0.4, 0.5) is 0 Å². The quantitative estimate of drug-likeness (QED) is 0.140. The van der Waals surface area contributed by atoms with E-state index in [9.17, 15) is 0 Å². The van der Waals surface area contributed by atoms with E-state index >= 15 is 0 Å². The molecule has 0 heterocycles. The van der Waals surface area contributed by atoms with Crippen LogP contribution in [0.15, 0.2) is 109 Å². The minimum atomic E-state index is 0.191. The van der Waals surface area contributed by atoms with Gasteiger partial charge in [-0.25, -0.2) is 0 Å². The van der Waals surface area contributed by atoms with E-state index < -0.39 is 0 Å². The van der Waals surface area contributed by atoms with Crippen LogP contribution in [-0.4, -0.2) is 54.9 Å². The average molecular weight is 581 g/mol. The summed E-state index contributed by atoms with van der Waals surface area (Å²) < 4.78 is 0. The van der Waals surface area contributed by atoms with Gasteiger partial charge in [0.2, 0.25) is 0 Å². The first-order chi connectivity index (χ1) is 22.6. The van der Waals surface area contributed by atoms with Gasteiger partial charge in [0.25, 0.3) is 0 Å². The minimum absolute atomic E-state index is 0.191. The van der Waals surface area contributed by atoms with E-state index in [2.05, 4.69) is 49.1 Å². The summed E-state index contributed by atoms with van der Waals surface area (Å²) in [5.74, 6) is 0. The number of allylic oxidation sites excluding steroid dienone is 4. The van der Waals surface area contributed by atoms with Gasteiger partial charge in [0, 0.05) is 0 Å². The monoisotopic (exact) mass is 582 g/mol. The van der Waals surface area contributed by atoms with Crippen LogP contribution in [0.3, 0.4) is 0 Å². The average Bonchev–Trinajstić information content (AvgIpc) is 3.08. The fraction of sp³-hybridized carbons (Fsp3) is 0.0500. The van der Waals surface area contributed by atoms with Crippen molar-refractivity contribution in [2.24, 2.45) is 0 Å². The molecular formula is C40H25B7. The molecule has 0 fully saturated rings. The third-order valence-corrected chi connectivity index (χ3v) is 8.75. The molecule has 7 heteroatoms. The molecule has 0 spiro atoms. The van der Waals surface area contributed by atoms with Crippen molar-refractivity contribution < 1.29 is 0 Å². The van der Waals surface area contributed by atoms with E-state index in [0.717, 1.165) is 38.2 Å². The molecule has 0 saturated heterocycles. The van der Waals surface area contributed by atoms with E-state index in [0.29, 0.717) is 44.0 Å². The summed E-state index contributed by atoms with van der Waals surface area (Å²) in [6, 6.07) is 26.6. The van der Waals surface area contributed by atoms with Gasteiger partial charge in [-0.1, -0.05) is 126 Å². The third-order valence-electron chi connectivity index (χ3n) is 8.75. The molecule has 0 amide bonds. The van der Waals surface area contributed by atoms with Gasteiger partial charge in [-0.3, -0.25) is 0 Å². The van der Waals surface area contributed by atoms with Crippen LogP contribution in [0, 0.1) is 0 Å². The Hall–Kier alpha value is -4.49. The molecule has 6 rings (SSSR count). The highest BCUT2D eigenvalue weighted by molar-refractivity contribution is 6.68. The Morgan fingerprint density at radius 3 is 1.94 bits per heavy atom. The minimum Gasteiger partial charge on any atom is -0.127 e. The maximum absolute atomic E-state index is 6.93. The predicted molar refractivity (Wildman–Crippen MR) is 214 cm³/mol. The number of benzene rings is 6. The number of hydrogen-bond acceptors (Lipinski definition) is 0. The van der Waals surface area contributed by atoms with Crippen LogP contribution >= 0.6 is 0 Å². The first-order valence-corrected chi connectivity index (χ1v) is 15.3. The largest absolute Gasteiger partial charge is 0.127 e. The smallest absolute Gasteiger partial charge is 0.113 e. The van der Waals surface area contributed by atoms with Crippen molar-refractivity contribution in [1.82, 2.24) is 0 Å². The summed E-state index contributed by atoms with van der Waals surface area (Å²) in [6.07, 6.45) is 8.12. The molecule has 0 aliphatic carbocycles. The van der Waals surface area contributed by atoms with Gasteiger partial charge in [0.15, 0.2) is 0 Å². The second-order valence-corrected chi connectivity index (χ2v) is 11.7. The first kappa shape index (κ1) is 32.5. The molecule has 0 aromatic heterocycles. The Morgan fingerprint density at radius 2 is 1.30 bits per heavy atom. The lowest BCUT2D eigenvalue weighted by Gasteiger charge is -2.30. The van der Waals surface area contributed by atoms with Crippen LogP contribution in [0.5, 0.6) is 0 Å². The molecule has 0 saturated carbocycles. The lowest BCUT2D eigenvalue weighted by atomic mass is 9.60. The van der Waals surface area contributed by atoms with Gasteiger partial charge >= 0.3 is 0 Å². The van der Waals surface area contributed by atoms with E-state index in [-0.39, 0.29) is 27.3 Å². The van der Waals surface area contributed by atoms with Crippen molar-refractivity contribution in [3.8, 4) is 22.3 Å². The van der Waals surface area contributed by atoms with E-state index in [1.54, 1.807) is 6.92 Å². The van der Waals surface area contributed by atoms with Gasteiger partial charge in [-0.2, -0.15) is 0 Å².